The summed E-state index contributed by atoms with van der Waals surface area (Å²) in [6.45, 7) is 0. The first-order valence-electron chi connectivity index (χ1n) is 4.91. The zero-order valence-corrected chi connectivity index (χ0v) is 8.82. The molecule has 0 bridgehead atoms. The zero-order chi connectivity index (χ0) is 9.97. The van der Waals surface area contributed by atoms with E-state index in [-0.39, 0.29) is 5.82 Å². The van der Waals surface area contributed by atoms with E-state index in [0.29, 0.717) is 5.25 Å². The van der Waals surface area contributed by atoms with Crippen LogP contribution in [0, 0.1) is 5.82 Å². The van der Waals surface area contributed by atoms with Crippen molar-refractivity contribution in [3.05, 3.63) is 29.6 Å². The van der Waals surface area contributed by atoms with Gasteiger partial charge in [0.2, 0.25) is 0 Å². The number of thioether (sulfide) groups is 1. The first kappa shape index (κ1) is 9.84. The molecule has 1 aromatic rings. The summed E-state index contributed by atoms with van der Waals surface area (Å²) < 4.78 is 13.0. The fourth-order valence-electron chi connectivity index (χ4n) is 1.80. The molecule has 1 heterocycles. The van der Waals surface area contributed by atoms with Crippen LogP contribution in [0.3, 0.4) is 0 Å². The van der Waals surface area contributed by atoms with Gasteiger partial charge < -0.3 is 5.73 Å². The van der Waals surface area contributed by atoms with Crippen molar-refractivity contribution in [1.29, 1.82) is 0 Å². The lowest BCUT2D eigenvalue weighted by Gasteiger charge is -2.10. The maximum absolute atomic E-state index is 13.0. The van der Waals surface area contributed by atoms with E-state index in [1.54, 1.807) is 12.1 Å². The van der Waals surface area contributed by atoms with Gasteiger partial charge in [0.05, 0.1) is 0 Å². The Morgan fingerprint density at radius 2 is 2.36 bits per heavy atom. The van der Waals surface area contributed by atoms with E-state index in [9.17, 15) is 4.39 Å². The normalized spacial score (nSPS) is 21.4. The fourth-order valence-corrected chi connectivity index (χ4v) is 3.10. The maximum atomic E-state index is 13.0. The summed E-state index contributed by atoms with van der Waals surface area (Å²) >= 11 is 1.97. The second kappa shape index (κ2) is 4.22. The molecule has 3 heteroatoms. The van der Waals surface area contributed by atoms with Gasteiger partial charge in [-0.2, -0.15) is 11.8 Å². The van der Waals surface area contributed by atoms with Crippen LogP contribution in [0.1, 0.15) is 18.4 Å². The number of nitrogen functional groups attached to an aromatic ring is 1. The van der Waals surface area contributed by atoms with E-state index in [0.717, 1.165) is 17.7 Å². The van der Waals surface area contributed by atoms with Crippen LogP contribution in [-0.4, -0.2) is 11.0 Å². The summed E-state index contributed by atoms with van der Waals surface area (Å²) in [5, 5.41) is 0.638. The van der Waals surface area contributed by atoms with Gasteiger partial charge in [-0.25, -0.2) is 4.39 Å². The minimum absolute atomic E-state index is 0.183. The van der Waals surface area contributed by atoms with Gasteiger partial charge in [0.1, 0.15) is 5.82 Å². The monoisotopic (exact) mass is 211 g/mol. The molecule has 76 valence electrons. The molecule has 14 heavy (non-hydrogen) atoms. The number of hydrogen-bond donors (Lipinski definition) is 1. The van der Waals surface area contributed by atoms with Crippen molar-refractivity contribution in [2.24, 2.45) is 0 Å². The zero-order valence-electron chi connectivity index (χ0n) is 8.00. The lowest BCUT2D eigenvalue weighted by Crippen LogP contribution is -2.05. The van der Waals surface area contributed by atoms with Crippen molar-refractivity contribution in [2.75, 3.05) is 11.5 Å². The van der Waals surface area contributed by atoms with Crippen molar-refractivity contribution in [3.63, 3.8) is 0 Å². The third kappa shape index (κ3) is 2.21. The van der Waals surface area contributed by atoms with Gasteiger partial charge in [-0.3, -0.25) is 0 Å². The van der Waals surface area contributed by atoms with E-state index >= 15 is 0 Å². The summed E-state index contributed by atoms with van der Waals surface area (Å²) in [6.07, 6.45) is 3.43. The van der Waals surface area contributed by atoms with E-state index in [2.05, 4.69) is 0 Å². The highest BCUT2D eigenvalue weighted by molar-refractivity contribution is 8.00. The topological polar surface area (TPSA) is 26.0 Å². The third-order valence-corrected chi connectivity index (χ3v) is 3.97. The summed E-state index contributed by atoms with van der Waals surface area (Å²) in [5.41, 5.74) is 7.48. The predicted molar refractivity (Wildman–Crippen MR) is 60.0 cm³/mol. The van der Waals surface area contributed by atoms with Crippen molar-refractivity contribution < 1.29 is 4.39 Å². The van der Waals surface area contributed by atoms with Crippen LogP contribution in [0.25, 0.3) is 0 Å². The molecule has 1 atom stereocenters. The largest absolute Gasteiger partial charge is 0.399 e. The average Bonchev–Trinajstić information content (AvgIpc) is 2.64. The fraction of sp³-hybridized carbons (Fsp3) is 0.455. The Labute approximate surface area is 87.9 Å². The molecule has 0 spiro atoms. The number of rotatable bonds is 2. The Bertz CT molecular complexity index is 321. The average molecular weight is 211 g/mol. The number of nitrogens with two attached hydrogens (primary N) is 1. The van der Waals surface area contributed by atoms with E-state index in [4.69, 9.17) is 5.73 Å². The standard InChI is InChI=1S/C11H14FNS/c12-9-3-4-11(13)8(6-9)7-10-2-1-5-14-10/h3-4,6,10H,1-2,5,7,13H2. The van der Waals surface area contributed by atoms with Crippen LogP contribution in [-0.2, 0) is 6.42 Å². The SMILES string of the molecule is Nc1ccc(F)cc1CC1CCCS1. The maximum Gasteiger partial charge on any atom is 0.123 e. The smallest absolute Gasteiger partial charge is 0.123 e. The molecule has 0 amide bonds. The Hall–Kier alpha value is -0.700. The third-order valence-electron chi connectivity index (χ3n) is 2.58. The van der Waals surface area contributed by atoms with Gasteiger partial charge in [0.15, 0.2) is 0 Å². The molecular formula is C11H14FNS. The highest BCUT2D eigenvalue weighted by atomic mass is 32.2. The molecule has 1 aliphatic heterocycles. The summed E-state index contributed by atoms with van der Waals surface area (Å²) in [7, 11) is 0. The molecule has 1 saturated heterocycles. The molecule has 1 aliphatic rings. The van der Waals surface area contributed by atoms with Crippen molar-refractivity contribution >= 4 is 17.4 Å². The first-order valence-corrected chi connectivity index (χ1v) is 5.96. The number of halogens is 1. The van der Waals surface area contributed by atoms with Crippen LogP contribution >= 0.6 is 11.8 Å². The molecule has 0 aliphatic carbocycles. The van der Waals surface area contributed by atoms with E-state index in [1.165, 1.54) is 24.7 Å². The summed E-state index contributed by atoms with van der Waals surface area (Å²) in [4.78, 5) is 0. The Balaban J connectivity index is 2.10. The van der Waals surface area contributed by atoms with E-state index < -0.39 is 0 Å². The quantitative estimate of drug-likeness (QED) is 0.761. The number of benzene rings is 1. The second-order valence-electron chi connectivity index (χ2n) is 3.68. The molecule has 1 nitrogen and oxygen atoms in total. The predicted octanol–water partition coefficient (Wildman–Crippen LogP) is 2.85. The van der Waals surface area contributed by atoms with Crippen molar-refractivity contribution in [2.45, 2.75) is 24.5 Å². The van der Waals surface area contributed by atoms with Crippen molar-refractivity contribution in [3.8, 4) is 0 Å². The van der Waals surface area contributed by atoms with Gasteiger partial charge in [-0.15, -0.1) is 0 Å². The minimum Gasteiger partial charge on any atom is -0.399 e. The van der Waals surface area contributed by atoms with Crippen LogP contribution < -0.4 is 5.73 Å². The van der Waals surface area contributed by atoms with Crippen LogP contribution in [0.5, 0.6) is 0 Å². The Morgan fingerprint density at radius 1 is 1.50 bits per heavy atom. The molecule has 0 saturated carbocycles. The molecule has 1 fully saturated rings. The van der Waals surface area contributed by atoms with Gasteiger partial charge >= 0.3 is 0 Å². The highest BCUT2D eigenvalue weighted by Gasteiger charge is 2.17. The highest BCUT2D eigenvalue weighted by Crippen LogP contribution is 2.30. The molecule has 1 aromatic carbocycles. The summed E-state index contributed by atoms with van der Waals surface area (Å²) in [6, 6.07) is 4.64. The number of anilines is 1. The van der Waals surface area contributed by atoms with Gasteiger partial charge in [0, 0.05) is 10.9 Å². The van der Waals surface area contributed by atoms with Crippen molar-refractivity contribution in [1.82, 2.24) is 0 Å². The number of hydrogen-bond acceptors (Lipinski definition) is 2. The molecule has 0 radical (unpaired) electrons. The van der Waals surface area contributed by atoms with Crippen LogP contribution in [0.4, 0.5) is 10.1 Å². The second-order valence-corrected chi connectivity index (χ2v) is 5.09. The molecule has 1 unspecified atom stereocenters. The molecular weight excluding hydrogens is 197 g/mol. The minimum atomic E-state index is -0.183. The van der Waals surface area contributed by atoms with Crippen LogP contribution in [0.15, 0.2) is 18.2 Å². The van der Waals surface area contributed by atoms with E-state index in [1.807, 2.05) is 11.8 Å². The van der Waals surface area contributed by atoms with Crippen LogP contribution in [0.2, 0.25) is 0 Å². The molecule has 2 N–H and O–H groups in total. The summed E-state index contributed by atoms with van der Waals surface area (Å²) in [5.74, 6) is 1.05. The molecule has 2 rings (SSSR count). The molecule has 0 aromatic heterocycles. The lowest BCUT2D eigenvalue weighted by molar-refractivity contribution is 0.624. The van der Waals surface area contributed by atoms with Gasteiger partial charge in [-0.1, -0.05) is 0 Å². The van der Waals surface area contributed by atoms with Gasteiger partial charge in [0.25, 0.3) is 0 Å². The lowest BCUT2D eigenvalue weighted by atomic mass is 10.1. The Morgan fingerprint density at radius 3 is 3.07 bits per heavy atom. The first-order chi connectivity index (χ1) is 6.75. The Kier molecular flexibility index (Phi) is 2.96. The van der Waals surface area contributed by atoms with Gasteiger partial charge in [-0.05, 0) is 48.8 Å².